The summed E-state index contributed by atoms with van der Waals surface area (Å²) in [7, 11) is 0. The fourth-order valence-corrected chi connectivity index (χ4v) is 6.02. The number of nitrogen functional groups attached to an aromatic ring is 1. The van der Waals surface area contributed by atoms with Crippen molar-refractivity contribution in [3.05, 3.63) is 140 Å². The summed E-state index contributed by atoms with van der Waals surface area (Å²) in [5.41, 5.74) is 14.8. The van der Waals surface area contributed by atoms with Crippen LogP contribution in [0.25, 0.3) is 0 Å². The number of amides is 1. The van der Waals surface area contributed by atoms with Crippen molar-refractivity contribution in [3.8, 4) is 0 Å². The summed E-state index contributed by atoms with van der Waals surface area (Å²) in [6.45, 7) is 7.41. The molecule has 0 atom stereocenters. The molecule has 0 radical (unpaired) electrons. The molecule has 0 saturated carbocycles. The van der Waals surface area contributed by atoms with Crippen LogP contribution in [0.3, 0.4) is 0 Å². The zero-order chi connectivity index (χ0) is 37.2. The maximum absolute atomic E-state index is 12.4. The Hall–Kier alpha value is -4.89. The number of Topliss-reactive ketones (excluding diaryl/α,β-unsaturated/α-hetero) is 2. The Balaban J connectivity index is 0.000000191. The number of rotatable bonds is 7. The van der Waals surface area contributed by atoms with E-state index in [1.165, 1.54) is 0 Å². The zero-order valence-corrected chi connectivity index (χ0v) is 31.0. The SMILES string of the molecule is CC1=C(Nc2ccc(N)cc2Cl)CCC1=O.CC1=C(Nc2ccc(NC(=O)c3ccccc3C)cc2Cl)CCC1=O.Cc1ccccc1C(=O)Cl. The summed E-state index contributed by atoms with van der Waals surface area (Å²) in [6.07, 6.45) is 2.58. The van der Waals surface area contributed by atoms with E-state index in [1.54, 1.807) is 48.5 Å². The Morgan fingerprint density at radius 2 is 1.10 bits per heavy atom. The van der Waals surface area contributed by atoms with Crippen LogP contribution in [0.1, 0.15) is 71.4 Å². The predicted octanol–water partition coefficient (Wildman–Crippen LogP) is 10.3. The van der Waals surface area contributed by atoms with E-state index in [0.717, 1.165) is 51.5 Å². The van der Waals surface area contributed by atoms with Gasteiger partial charge >= 0.3 is 0 Å². The lowest BCUT2D eigenvalue weighted by Gasteiger charge is -2.12. The van der Waals surface area contributed by atoms with E-state index in [0.29, 0.717) is 51.8 Å². The van der Waals surface area contributed by atoms with Gasteiger partial charge < -0.3 is 21.7 Å². The van der Waals surface area contributed by atoms with Gasteiger partial charge in [0.25, 0.3) is 11.1 Å². The molecule has 51 heavy (non-hydrogen) atoms. The number of aryl methyl sites for hydroxylation is 2. The Labute approximate surface area is 313 Å². The first kappa shape index (κ1) is 38.9. The molecule has 6 rings (SSSR count). The van der Waals surface area contributed by atoms with Gasteiger partial charge in [-0.2, -0.15) is 0 Å². The highest BCUT2D eigenvalue weighted by Crippen LogP contribution is 2.32. The summed E-state index contributed by atoms with van der Waals surface area (Å²) < 4.78 is 0. The van der Waals surface area contributed by atoms with Crippen LogP contribution < -0.4 is 21.7 Å². The second-order valence-electron chi connectivity index (χ2n) is 12.1. The van der Waals surface area contributed by atoms with E-state index in [1.807, 2.05) is 64.1 Å². The van der Waals surface area contributed by atoms with E-state index in [2.05, 4.69) is 16.0 Å². The molecule has 2 aliphatic carbocycles. The van der Waals surface area contributed by atoms with Crippen LogP contribution in [0, 0.1) is 13.8 Å². The molecule has 1 amide bonds. The number of carbonyl (C=O) groups is 4. The van der Waals surface area contributed by atoms with Gasteiger partial charge in [0.2, 0.25) is 0 Å². The summed E-state index contributed by atoms with van der Waals surface area (Å²) in [5, 5.41) is 9.94. The molecule has 0 heterocycles. The average molecular weight is 746 g/mol. The molecule has 0 aliphatic heterocycles. The van der Waals surface area contributed by atoms with Crippen molar-refractivity contribution in [3.63, 3.8) is 0 Å². The standard InChI is InChI=1S/C20H19ClN2O2.C12H13ClN2O.C8H7ClO/c1-12-5-3-4-6-15(12)20(25)22-14-7-8-18(16(21)11-14)23-17-9-10-19(24)13(17)2;1-7-10(4-5-12(7)16)15-11-3-2-8(14)6-9(11)13;1-6-4-2-3-5-7(6)8(9)10/h3-8,11,23H,9-10H2,1-2H3,(H,22,25);2-3,6,15H,4-5,14H2,1H3;2-5H,1H3. The van der Waals surface area contributed by atoms with E-state index in [9.17, 15) is 19.2 Å². The maximum Gasteiger partial charge on any atom is 0.255 e. The van der Waals surface area contributed by atoms with Gasteiger partial charge in [-0.15, -0.1) is 0 Å². The van der Waals surface area contributed by atoms with E-state index < -0.39 is 5.24 Å². The fraction of sp³-hybridized carbons (Fsp3) is 0.200. The number of nitrogens with two attached hydrogens (primary N) is 1. The van der Waals surface area contributed by atoms with E-state index in [-0.39, 0.29) is 17.5 Å². The number of halogens is 3. The van der Waals surface area contributed by atoms with Crippen LogP contribution in [-0.2, 0) is 9.59 Å². The normalized spacial score (nSPS) is 13.6. The molecule has 0 bridgehead atoms. The third-order valence-electron chi connectivity index (χ3n) is 8.48. The zero-order valence-electron chi connectivity index (χ0n) is 28.8. The van der Waals surface area contributed by atoms with Crippen molar-refractivity contribution in [2.24, 2.45) is 0 Å². The number of nitrogens with one attached hydrogen (secondary N) is 3. The number of allylic oxidation sites excluding steroid dienone is 4. The molecule has 4 aromatic rings. The molecule has 264 valence electrons. The van der Waals surface area contributed by atoms with Gasteiger partial charge in [0.1, 0.15) is 0 Å². The molecule has 0 fully saturated rings. The van der Waals surface area contributed by atoms with Crippen LogP contribution in [-0.4, -0.2) is 22.7 Å². The molecular weight excluding hydrogens is 707 g/mol. The molecule has 5 N–H and O–H groups in total. The van der Waals surface area contributed by atoms with E-state index >= 15 is 0 Å². The Morgan fingerprint density at radius 1 is 0.627 bits per heavy atom. The van der Waals surface area contributed by atoms with Gasteiger partial charge in [-0.25, -0.2) is 0 Å². The van der Waals surface area contributed by atoms with Crippen molar-refractivity contribution in [2.45, 2.75) is 53.4 Å². The van der Waals surface area contributed by atoms with E-state index in [4.69, 9.17) is 40.5 Å². The average Bonchev–Trinajstić information content (AvgIpc) is 3.58. The fourth-order valence-electron chi connectivity index (χ4n) is 5.35. The van der Waals surface area contributed by atoms with Crippen molar-refractivity contribution in [1.82, 2.24) is 0 Å². The number of ketones is 2. The number of benzene rings is 4. The molecule has 0 spiro atoms. The lowest BCUT2D eigenvalue weighted by Crippen LogP contribution is -2.13. The third kappa shape index (κ3) is 10.6. The highest BCUT2D eigenvalue weighted by atomic mass is 35.5. The minimum atomic E-state index is -0.391. The lowest BCUT2D eigenvalue weighted by molar-refractivity contribution is -0.115. The largest absolute Gasteiger partial charge is 0.399 e. The number of hydrogen-bond donors (Lipinski definition) is 4. The summed E-state index contributed by atoms with van der Waals surface area (Å²) in [4.78, 5) is 46.0. The maximum atomic E-state index is 12.4. The number of carbonyl (C=O) groups excluding carboxylic acids is 4. The highest BCUT2D eigenvalue weighted by Gasteiger charge is 2.21. The molecule has 0 saturated heterocycles. The van der Waals surface area contributed by atoms with Crippen molar-refractivity contribution in [2.75, 3.05) is 21.7 Å². The van der Waals surface area contributed by atoms with Gasteiger partial charge in [-0.1, -0.05) is 59.6 Å². The molecule has 11 heteroatoms. The highest BCUT2D eigenvalue weighted by molar-refractivity contribution is 6.67. The van der Waals surface area contributed by atoms with Gasteiger partial charge in [0, 0.05) is 57.9 Å². The molecule has 0 aromatic heterocycles. The first-order valence-electron chi connectivity index (χ1n) is 16.2. The first-order valence-corrected chi connectivity index (χ1v) is 17.4. The number of hydrogen-bond acceptors (Lipinski definition) is 7. The molecular formula is C40H39Cl3N4O4. The van der Waals surface area contributed by atoms with Crippen molar-refractivity contribution >= 4 is 80.3 Å². The molecule has 2 aliphatic rings. The van der Waals surface area contributed by atoms with Crippen LogP contribution in [0.2, 0.25) is 10.0 Å². The van der Waals surface area contributed by atoms with Crippen LogP contribution in [0.5, 0.6) is 0 Å². The topological polar surface area (TPSA) is 130 Å². The van der Waals surface area contributed by atoms with Gasteiger partial charge in [0.05, 0.1) is 21.4 Å². The lowest BCUT2D eigenvalue weighted by atomic mass is 10.1. The quantitative estimate of drug-likeness (QED) is 0.109. The number of anilines is 4. The van der Waals surface area contributed by atoms with Crippen molar-refractivity contribution < 1.29 is 19.2 Å². The molecule has 4 aromatic carbocycles. The summed E-state index contributed by atoms with van der Waals surface area (Å²) in [5.74, 6) is 0.199. The first-order chi connectivity index (χ1) is 24.2. The minimum absolute atomic E-state index is 0.167. The summed E-state index contributed by atoms with van der Waals surface area (Å²) in [6, 6.07) is 25.2. The third-order valence-corrected chi connectivity index (χ3v) is 9.31. The van der Waals surface area contributed by atoms with Gasteiger partial charge in [0.15, 0.2) is 11.6 Å². The van der Waals surface area contributed by atoms with Crippen LogP contribution >= 0.6 is 34.8 Å². The summed E-state index contributed by atoms with van der Waals surface area (Å²) >= 11 is 17.6. The Morgan fingerprint density at radius 3 is 1.51 bits per heavy atom. The second kappa shape index (κ2) is 17.9. The van der Waals surface area contributed by atoms with Crippen molar-refractivity contribution in [1.29, 1.82) is 0 Å². The molecule has 8 nitrogen and oxygen atoms in total. The Bertz CT molecular complexity index is 2060. The van der Waals surface area contributed by atoms with Gasteiger partial charge in [-0.05, 0) is 112 Å². The molecule has 0 unspecified atom stereocenters. The minimum Gasteiger partial charge on any atom is -0.399 e. The monoisotopic (exact) mass is 744 g/mol. The van der Waals surface area contributed by atoms with Crippen LogP contribution in [0.15, 0.2) is 107 Å². The smallest absolute Gasteiger partial charge is 0.255 e. The van der Waals surface area contributed by atoms with Crippen LogP contribution in [0.4, 0.5) is 22.7 Å². The Kier molecular flexibility index (Phi) is 13.6. The second-order valence-corrected chi connectivity index (χ2v) is 13.3. The van der Waals surface area contributed by atoms with Gasteiger partial charge in [-0.3, -0.25) is 19.2 Å². The predicted molar refractivity (Wildman–Crippen MR) is 209 cm³/mol.